The molecule has 1 heterocycles. The van der Waals surface area contributed by atoms with Crippen molar-refractivity contribution in [2.45, 2.75) is 31.8 Å². The number of ether oxygens (including phenoxy) is 1. The number of benzene rings is 1. The van der Waals surface area contributed by atoms with Crippen LogP contribution in [0.3, 0.4) is 0 Å². The Morgan fingerprint density at radius 1 is 1.32 bits per heavy atom. The number of β-amino-alcohol motifs (C(OH)–C–C–N with tert-alkyl or cyclic N) is 1. The predicted octanol–water partition coefficient (Wildman–Crippen LogP) is 1.96. The van der Waals surface area contributed by atoms with Gasteiger partial charge in [0.15, 0.2) is 6.61 Å². The minimum Gasteiger partial charge on any atom is -0.482 e. The number of carbonyl (C=O) groups excluding carboxylic acids is 1. The Kier molecular flexibility index (Phi) is 3.42. The van der Waals surface area contributed by atoms with Crippen LogP contribution in [0.1, 0.15) is 25.7 Å². The van der Waals surface area contributed by atoms with Crippen molar-refractivity contribution in [3.63, 3.8) is 0 Å². The SMILES string of the molecule is O=C1COc2ccccc2N1CC(O)C1CCCC1. The van der Waals surface area contributed by atoms with Gasteiger partial charge in [-0.2, -0.15) is 0 Å². The molecule has 102 valence electrons. The molecule has 19 heavy (non-hydrogen) atoms. The Hall–Kier alpha value is -1.55. The van der Waals surface area contributed by atoms with Gasteiger partial charge >= 0.3 is 0 Å². The summed E-state index contributed by atoms with van der Waals surface area (Å²) in [7, 11) is 0. The van der Waals surface area contributed by atoms with E-state index in [0.717, 1.165) is 24.3 Å². The number of rotatable bonds is 3. The maximum atomic E-state index is 12.0. The van der Waals surface area contributed by atoms with Crippen LogP contribution in [-0.4, -0.2) is 30.3 Å². The molecule has 1 aromatic carbocycles. The normalized spacial score (nSPS) is 21.1. The van der Waals surface area contributed by atoms with Crippen molar-refractivity contribution in [2.24, 2.45) is 5.92 Å². The van der Waals surface area contributed by atoms with Gasteiger partial charge in [0.2, 0.25) is 0 Å². The zero-order valence-corrected chi connectivity index (χ0v) is 10.9. The Labute approximate surface area is 113 Å². The fourth-order valence-corrected chi connectivity index (χ4v) is 3.03. The third kappa shape index (κ3) is 2.45. The van der Waals surface area contributed by atoms with Crippen LogP contribution < -0.4 is 9.64 Å². The van der Waals surface area contributed by atoms with Gasteiger partial charge < -0.3 is 14.7 Å². The van der Waals surface area contributed by atoms with E-state index in [1.165, 1.54) is 12.8 Å². The Morgan fingerprint density at radius 2 is 2.05 bits per heavy atom. The Bertz CT molecular complexity index is 468. The number of aliphatic hydroxyl groups is 1. The van der Waals surface area contributed by atoms with Crippen molar-refractivity contribution >= 4 is 11.6 Å². The van der Waals surface area contributed by atoms with E-state index in [9.17, 15) is 9.90 Å². The molecule has 4 nitrogen and oxygen atoms in total. The molecule has 1 aliphatic heterocycles. The molecule has 0 bridgehead atoms. The monoisotopic (exact) mass is 261 g/mol. The third-order valence-electron chi connectivity index (χ3n) is 4.12. The largest absolute Gasteiger partial charge is 0.482 e. The van der Waals surface area contributed by atoms with E-state index in [1.807, 2.05) is 24.3 Å². The molecular weight excluding hydrogens is 242 g/mol. The Balaban J connectivity index is 1.77. The zero-order valence-electron chi connectivity index (χ0n) is 10.9. The van der Waals surface area contributed by atoms with E-state index in [0.29, 0.717) is 12.5 Å². The van der Waals surface area contributed by atoms with Crippen molar-refractivity contribution in [1.82, 2.24) is 0 Å². The zero-order chi connectivity index (χ0) is 13.2. The number of aliphatic hydroxyl groups excluding tert-OH is 1. The standard InChI is InChI=1S/C15H19NO3/c17-13(11-5-1-2-6-11)9-16-12-7-3-4-8-14(12)19-10-15(16)18/h3-4,7-8,11,13,17H,1-2,5-6,9-10H2. The van der Waals surface area contributed by atoms with Gasteiger partial charge in [0.05, 0.1) is 18.3 Å². The number of anilines is 1. The molecule has 0 saturated heterocycles. The smallest absolute Gasteiger partial charge is 0.265 e. The van der Waals surface area contributed by atoms with Crippen molar-refractivity contribution in [1.29, 1.82) is 0 Å². The molecule has 1 aliphatic carbocycles. The number of hydrogen-bond acceptors (Lipinski definition) is 3. The predicted molar refractivity (Wildman–Crippen MR) is 72.3 cm³/mol. The number of fused-ring (bicyclic) bond motifs is 1. The molecule has 2 aliphatic rings. The fourth-order valence-electron chi connectivity index (χ4n) is 3.03. The summed E-state index contributed by atoms with van der Waals surface area (Å²) in [6.45, 7) is 0.443. The summed E-state index contributed by atoms with van der Waals surface area (Å²) in [6.07, 6.45) is 4.09. The van der Waals surface area contributed by atoms with Gasteiger partial charge in [-0.25, -0.2) is 0 Å². The number of amides is 1. The van der Waals surface area contributed by atoms with Gasteiger partial charge in [0.1, 0.15) is 5.75 Å². The lowest BCUT2D eigenvalue weighted by Crippen LogP contribution is -2.44. The summed E-state index contributed by atoms with van der Waals surface area (Å²) in [5, 5.41) is 10.3. The molecule has 3 rings (SSSR count). The van der Waals surface area contributed by atoms with Gasteiger partial charge in [-0.3, -0.25) is 4.79 Å². The van der Waals surface area contributed by atoms with E-state index in [2.05, 4.69) is 0 Å². The second-order valence-corrected chi connectivity index (χ2v) is 5.37. The first-order valence-corrected chi connectivity index (χ1v) is 6.96. The number of nitrogens with zero attached hydrogens (tertiary/aromatic N) is 1. The highest BCUT2D eigenvalue weighted by molar-refractivity contribution is 5.97. The van der Waals surface area contributed by atoms with Crippen molar-refractivity contribution in [3.8, 4) is 5.75 Å². The summed E-state index contributed by atoms with van der Waals surface area (Å²) in [5.41, 5.74) is 0.774. The highest BCUT2D eigenvalue weighted by atomic mass is 16.5. The molecule has 0 aromatic heterocycles. The molecule has 0 radical (unpaired) electrons. The van der Waals surface area contributed by atoms with Crippen LogP contribution in [0.5, 0.6) is 5.75 Å². The average molecular weight is 261 g/mol. The average Bonchev–Trinajstić information content (AvgIpc) is 2.96. The summed E-state index contributed by atoms with van der Waals surface area (Å²) >= 11 is 0. The van der Waals surface area contributed by atoms with Crippen LogP contribution in [0.2, 0.25) is 0 Å². The fraction of sp³-hybridized carbons (Fsp3) is 0.533. The molecule has 1 fully saturated rings. The third-order valence-corrected chi connectivity index (χ3v) is 4.12. The molecule has 1 saturated carbocycles. The van der Waals surface area contributed by atoms with E-state index in [1.54, 1.807) is 4.90 Å². The molecule has 1 N–H and O–H groups in total. The lowest BCUT2D eigenvalue weighted by Gasteiger charge is -2.32. The van der Waals surface area contributed by atoms with Crippen molar-refractivity contribution in [2.75, 3.05) is 18.1 Å². The van der Waals surface area contributed by atoms with Crippen LogP contribution >= 0.6 is 0 Å². The first-order valence-electron chi connectivity index (χ1n) is 6.96. The van der Waals surface area contributed by atoms with Gasteiger partial charge in [-0.1, -0.05) is 25.0 Å². The molecule has 1 amide bonds. The van der Waals surface area contributed by atoms with Crippen LogP contribution in [-0.2, 0) is 4.79 Å². The summed E-state index contributed by atoms with van der Waals surface area (Å²) in [4.78, 5) is 13.7. The Morgan fingerprint density at radius 3 is 2.84 bits per heavy atom. The highest BCUT2D eigenvalue weighted by Crippen LogP contribution is 2.33. The molecule has 1 unspecified atom stereocenters. The van der Waals surface area contributed by atoms with Crippen LogP contribution in [0, 0.1) is 5.92 Å². The van der Waals surface area contributed by atoms with E-state index in [-0.39, 0.29) is 12.5 Å². The molecule has 1 aromatic rings. The minimum absolute atomic E-state index is 0.0639. The van der Waals surface area contributed by atoms with Gasteiger partial charge in [0.25, 0.3) is 5.91 Å². The van der Waals surface area contributed by atoms with Crippen molar-refractivity contribution < 1.29 is 14.6 Å². The van der Waals surface area contributed by atoms with Crippen molar-refractivity contribution in [3.05, 3.63) is 24.3 Å². The van der Waals surface area contributed by atoms with Gasteiger partial charge in [-0.05, 0) is 30.9 Å². The van der Waals surface area contributed by atoms with E-state index >= 15 is 0 Å². The van der Waals surface area contributed by atoms with Gasteiger partial charge in [-0.15, -0.1) is 0 Å². The lowest BCUT2D eigenvalue weighted by molar-refractivity contribution is -0.121. The number of carbonyl (C=O) groups is 1. The second kappa shape index (κ2) is 5.21. The molecule has 1 atom stereocenters. The molecular formula is C15H19NO3. The van der Waals surface area contributed by atoms with E-state index in [4.69, 9.17) is 4.74 Å². The number of para-hydroxylation sites is 2. The maximum absolute atomic E-state index is 12.0. The maximum Gasteiger partial charge on any atom is 0.265 e. The first-order chi connectivity index (χ1) is 9.25. The number of hydrogen-bond donors (Lipinski definition) is 1. The van der Waals surface area contributed by atoms with Crippen LogP contribution in [0.15, 0.2) is 24.3 Å². The quantitative estimate of drug-likeness (QED) is 0.905. The summed E-state index contributed by atoms with van der Waals surface area (Å²) in [6, 6.07) is 7.50. The highest BCUT2D eigenvalue weighted by Gasteiger charge is 2.30. The van der Waals surface area contributed by atoms with Crippen LogP contribution in [0.25, 0.3) is 0 Å². The molecule has 0 spiro atoms. The topological polar surface area (TPSA) is 49.8 Å². The van der Waals surface area contributed by atoms with Crippen LogP contribution in [0.4, 0.5) is 5.69 Å². The summed E-state index contributed by atoms with van der Waals surface area (Å²) < 4.78 is 5.40. The minimum atomic E-state index is -0.433. The van der Waals surface area contributed by atoms with Gasteiger partial charge in [0, 0.05) is 0 Å². The lowest BCUT2D eigenvalue weighted by atomic mass is 10.00. The van der Waals surface area contributed by atoms with E-state index < -0.39 is 6.10 Å². The second-order valence-electron chi connectivity index (χ2n) is 5.37. The summed E-state index contributed by atoms with van der Waals surface area (Å²) in [5.74, 6) is 0.985. The molecule has 4 heteroatoms. The first kappa shape index (κ1) is 12.5.